The number of aromatic amines is 1. The second-order valence-electron chi connectivity index (χ2n) is 4.95. The first kappa shape index (κ1) is 13.7. The van der Waals surface area contributed by atoms with Gasteiger partial charge in [-0.15, -0.1) is 12.4 Å². The summed E-state index contributed by atoms with van der Waals surface area (Å²) in [7, 11) is 0. The third kappa shape index (κ3) is 2.51. The number of hydrogen-bond acceptors (Lipinski definition) is 2. The first-order valence-corrected chi connectivity index (χ1v) is 6.46. The molecule has 0 radical (unpaired) electrons. The minimum atomic E-state index is 0. The van der Waals surface area contributed by atoms with E-state index in [-0.39, 0.29) is 18.3 Å². The fourth-order valence-electron chi connectivity index (χ4n) is 2.88. The Morgan fingerprint density at radius 3 is 2.89 bits per heavy atom. The summed E-state index contributed by atoms with van der Waals surface area (Å²) in [5.41, 5.74) is 0.597. The van der Waals surface area contributed by atoms with Gasteiger partial charge in [-0.3, -0.25) is 4.79 Å². The smallest absolute Gasteiger partial charge is 0.270 e. The van der Waals surface area contributed by atoms with Crippen LogP contribution in [0.25, 0.3) is 0 Å². The van der Waals surface area contributed by atoms with Crippen molar-refractivity contribution in [3.05, 3.63) is 23.0 Å². The van der Waals surface area contributed by atoms with Crippen LogP contribution in [0, 0.1) is 11.8 Å². The van der Waals surface area contributed by atoms with Crippen molar-refractivity contribution in [2.75, 3.05) is 26.2 Å². The molecule has 2 fully saturated rings. The maximum atomic E-state index is 12.2. The van der Waals surface area contributed by atoms with Crippen molar-refractivity contribution in [3.8, 4) is 0 Å². The Kier molecular flexibility index (Phi) is 4.20. The van der Waals surface area contributed by atoms with Crippen molar-refractivity contribution in [2.24, 2.45) is 11.8 Å². The Bertz CT molecular complexity index is 435. The van der Waals surface area contributed by atoms with Crippen molar-refractivity contribution in [1.82, 2.24) is 15.2 Å². The zero-order valence-electron chi connectivity index (χ0n) is 9.99. The van der Waals surface area contributed by atoms with Crippen LogP contribution in [-0.4, -0.2) is 42.0 Å². The molecular formula is C12H17Cl2N3O. The molecule has 2 unspecified atom stereocenters. The Morgan fingerprint density at radius 1 is 1.39 bits per heavy atom. The molecule has 0 bridgehead atoms. The molecule has 6 heteroatoms. The van der Waals surface area contributed by atoms with Crippen LogP contribution in [0.3, 0.4) is 0 Å². The maximum absolute atomic E-state index is 12.2. The molecule has 2 aliphatic rings. The number of carbonyl (C=O) groups is 1. The van der Waals surface area contributed by atoms with Gasteiger partial charge in [0.1, 0.15) is 5.69 Å². The van der Waals surface area contributed by atoms with Crippen molar-refractivity contribution in [3.63, 3.8) is 0 Å². The predicted octanol–water partition coefficient (Wildman–Crippen LogP) is 1.77. The maximum Gasteiger partial charge on any atom is 0.270 e. The lowest BCUT2D eigenvalue weighted by atomic mass is 9.88. The van der Waals surface area contributed by atoms with E-state index in [1.165, 1.54) is 0 Å². The molecule has 1 aromatic heterocycles. The molecule has 2 saturated heterocycles. The number of amides is 1. The van der Waals surface area contributed by atoms with E-state index in [0.29, 0.717) is 16.6 Å². The lowest BCUT2D eigenvalue weighted by Crippen LogP contribution is -2.43. The van der Waals surface area contributed by atoms with Gasteiger partial charge in [-0.1, -0.05) is 11.6 Å². The number of likely N-dealkylation sites (tertiary alicyclic amines) is 1. The first-order chi connectivity index (χ1) is 8.24. The van der Waals surface area contributed by atoms with E-state index < -0.39 is 0 Å². The largest absolute Gasteiger partial charge is 0.356 e. The van der Waals surface area contributed by atoms with Gasteiger partial charge in [-0.2, -0.15) is 0 Å². The predicted molar refractivity (Wildman–Crippen MR) is 73.4 cm³/mol. The molecule has 0 spiro atoms. The second-order valence-corrected chi connectivity index (χ2v) is 5.39. The number of nitrogens with zero attached hydrogens (tertiary/aromatic N) is 1. The highest BCUT2D eigenvalue weighted by atomic mass is 35.5. The summed E-state index contributed by atoms with van der Waals surface area (Å²) in [6, 6.07) is 1.70. The van der Waals surface area contributed by atoms with E-state index in [2.05, 4.69) is 10.3 Å². The van der Waals surface area contributed by atoms with Crippen molar-refractivity contribution < 1.29 is 4.79 Å². The third-order valence-corrected chi connectivity index (χ3v) is 4.09. The summed E-state index contributed by atoms with van der Waals surface area (Å²) in [4.78, 5) is 17.1. The van der Waals surface area contributed by atoms with Crippen LogP contribution in [0.1, 0.15) is 16.9 Å². The minimum absolute atomic E-state index is 0. The van der Waals surface area contributed by atoms with E-state index in [1.54, 1.807) is 12.3 Å². The standard InChI is InChI=1S/C12H16ClN3O.ClH/c13-10-3-11(15-6-10)12(17)16-2-1-8-4-14-5-9(8)7-16;/h3,6,8-9,14-15H,1-2,4-5,7H2;1H. The number of H-pyrrole nitrogens is 1. The van der Waals surface area contributed by atoms with E-state index in [1.807, 2.05) is 4.90 Å². The van der Waals surface area contributed by atoms with E-state index in [0.717, 1.165) is 38.5 Å². The highest BCUT2D eigenvalue weighted by Crippen LogP contribution is 2.27. The molecule has 18 heavy (non-hydrogen) atoms. The minimum Gasteiger partial charge on any atom is -0.356 e. The van der Waals surface area contributed by atoms with Gasteiger partial charge in [0.15, 0.2) is 0 Å². The fourth-order valence-corrected chi connectivity index (χ4v) is 3.04. The molecule has 0 saturated carbocycles. The van der Waals surface area contributed by atoms with E-state index in [9.17, 15) is 4.79 Å². The Hall–Kier alpha value is -0.710. The monoisotopic (exact) mass is 289 g/mol. The average molecular weight is 290 g/mol. The van der Waals surface area contributed by atoms with Crippen LogP contribution in [0.2, 0.25) is 5.02 Å². The fraction of sp³-hybridized carbons (Fsp3) is 0.583. The van der Waals surface area contributed by atoms with E-state index >= 15 is 0 Å². The van der Waals surface area contributed by atoms with Gasteiger partial charge in [0.25, 0.3) is 5.91 Å². The number of rotatable bonds is 1. The van der Waals surface area contributed by atoms with Crippen LogP contribution in [-0.2, 0) is 0 Å². The number of halogens is 2. The Balaban J connectivity index is 0.00000120. The molecule has 2 aliphatic heterocycles. The van der Waals surface area contributed by atoms with Gasteiger partial charge in [0.05, 0.1) is 5.02 Å². The van der Waals surface area contributed by atoms with Crippen molar-refractivity contribution >= 4 is 29.9 Å². The molecule has 3 rings (SSSR count). The molecule has 1 aromatic rings. The molecular weight excluding hydrogens is 273 g/mol. The van der Waals surface area contributed by atoms with E-state index in [4.69, 9.17) is 11.6 Å². The molecule has 1 amide bonds. The SMILES string of the molecule is Cl.O=C(c1cc(Cl)c[nH]1)N1CCC2CNCC2C1. The lowest BCUT2D eigenvalue weighted by molar-refractivity contribution is 0.0637. The van der Waals surface area contributed by atoms with Crippen LogP contribution < -0.4 is 5.32 Å². The molecule has 4 nitrogen and oxygen atoms in total. The summed E-state index contributed by atoms with van der Waals surface area (Å²) < 4.78 is 0. The highest BCUT2D eigenvalue weighted by Gasteiger charge is 2.34. The molecule has 3 heterocycles. The summed E-state index contributed by atoms with van der Waals surface area (Å²) in [6.45, 7) is 3.88. The molecule has 100 valence electrons. The summed E-state index contributed by atoms with van der Waals surface area (Å²) in [5, 5.41) is 3.99. The van der Waals surface area contributed by atoms with Crippen LogP contribution in [0.5, 0.6) is 0 Å². The normalized spacial score (nSPS) is 26.6. The van der Waals surface area contributed by atoms with Gasteiger partial charge in [-0.25, -0.2) is 0 Å². The van der Waals surface area contributed by atoms with Gasteiger partial charge < -0.3 is 15.2 Å². The zero-order chi connectivity index (χ0) is 11.8. The van der Waals surface area contributed by atoms with Crippen LogP contribution >= 0.6 is 24.0 Å². The summed E-state index contributed by atoms with van der Waals surface area (Å²) in [5.74, 6) is 1.45. The topological polar surface area (TPSA) is 48.1 Å². The quantitative estimate of drug-likeness (QED) is 0.828. The van der Waals surface area contributed by atoms with Gasteiger partial charge >= 0.3 is 0 Å². The van der Waals surface area contributed by atoms with Crippen LogP contribution in [0.15, 0.2) is 12.3 Å². The van der Waals surface area contributed by atoms with Gasteiger partial charge in [0, 0.05) is 19.3 Å². The number of nitrogens with one attached hydrogen (secondary N) is 2. The second kappa shape index (κ2) is 5.51. The zero-order valence-corrected chi connectivity index (χ0v) is 11.6. The molecule has 0 aliphatic carbocycles. The lowest BCUT2D eigenvalue weighted by Gasteiger charge is -2.34. The number of carbonyl (C=O) groups excluding carboxylic acids is 1. The number of piperidine rings is 1. The van der Waals surface area contributed by atoms with Crippen LogP contribution in [0.4, 0.5) is 0 Å². The molecule has 2 atom stereocenters. The Labute approximate surface area is 117 Å². The van der Waals surface area contributed by atoms with Crippen molar-refractivity contribution in [1.29, 1.82) is 0 Å². The number of aromatic nitrogens is 1. The first-order valence-electron chi connectivity index (χ1n) is 6.08. The number of fused-ring (bicyclic) bond motifs is 1. The third-order valence-electron chi connectivity index (χ3n) is 3.87. The van der Waals surface area contributed by atoms with Crippen molar-refractivity contribution in [2.45, 2.75) is 6.42 Å². The highest BCUT2D eigenvalue weighted by molar-refractivity contribution is 6.30. The van der Waals surface area contributed by atoms with Gasteiger partial charge in [-0.05, 0) is 37.4 Å². The summed E-state index contributed by atoms with van der Waals surface area (Å²) >= 11 is 5.82. The Morgan fingerprint density at radius 2 is 2.17 bits per heavy atom. The average Bonchev–Trinajstić information content (AvgIpc) is 2.95. The molecule has 2 N–H and O–H groups in total. The van der Waals surface area contributed by atoms with Gasteiger partial charge in [0.2, 0.25) is 0 Å². The number of hydrogen-bond donors (Lipinski definition) is 2. The molecule has 0 aromatic carbocycles. The summed E-state index contributed by atoms with van der Waals surface area (Å²) in [6.07, 6.45) is 2.76.